The van der Waals surface area contributed by atoms with Gasteiger partial charge in [0.05, 0.1) is 0 Å². The Labute approximate surface area is 152 Å². The topological polar surface area (TPSA) is 44.4 Å². The number of benzene rings is 1. The third-order valence-corrected chi connectivity index (χ3v) is 4.37. The maximum absolute atomic E-state index is 11.9. The highest BCUT2D eigenvalue weighted by molar-refractivity contribution is 7.80. The zero-order valence-corrected chi connectivity index (χ0v) is 15.2. The van der Waals surface area contributed by atoms with Crippen molar-refractivity contribution in [2.75, 3.05) is 25.0 Å². The van der Waals surface area contributed by atoms with Crippen LogP contribution in [0.5, 0.6) is 0 Å². The first-order chi connectivity index (χ1) is 11.0. The molecule has 1 aromatic rings. The number of hydrogen-bond acceptors (Lipinski definition) is 2. The predicted molar refractivity (Wildman–Crippen MR) is 100 cm³/mol. The molecular weight excluding hydrogens is 353 g/mol. The van der Waals surface area contributed by atoms with Gasteiger partial charge in [-0.2, -0.15) is 0 Å². The summed E-state index contributed by atoms with van der Waals surface area (Å²) in [5.74, 6) is 0.275. The number of anilines is 1. The summed E-state index contributed by atoms with van der Waals surface area (Å²) >= 11 is 17.1. The van der Waals surface area contributed by atoms with E-state index in [4.69, 9.17) is 35.4 Å². The van der Waals surface area contributed by atoms with Crippen LogP contribution in [0, 0.1) is 0 Å². The SMILES string of the molecule is O=C1CCCCCN1CCCNC(=S)Nc1cc(Cl)cc(Cl)c1. The Balaban J connectivity index is 1.69. The second-order valence-corrected chi connectivity index (χ2v) is 6.87. The first-order valence-corrected chi connectivity index (χ1v) is 9.00. The van der Waals surface area contributed by atoms with Gasteiger partial charge >= 0.3 is 0 Å². The minimum Gasteiger partial charge on any atom is -0.362 e. The molecule has 7 heteroatoms. The van der Waals surface area contributed by atoms with Crippen molar-refractivity contribution in [1.82, 2.24) is 10.2 Å². The van der Waals surface area contributed by atoms with Gasteiger partial charge in [-0.1, -0.05) is 29.6 Å². The molecule has 1 aromatic carbocycles. The van der Waals surface area contributed by atoms with E-state index in [2.05, 4.69) is 10.6 Å². The lowest BCUT2D eigenvalue weighted by molar-refractivity contribution is -0.130. The third kappa shape index (κ3) is 6.53. The number of nitrogens with one attached hydrogen (secondary N) is 2. The van der Waals surface area contributed by atoms with Crippen LogP contribution in [0.15, 0.2) is 18.2 Å². The largest absolute Gasteiger partial charge is 0.362 e. The van der Waals surface area contributed by atoms with Gasteiger partial charge in [-0.25, -0.2) is 0 Å². The minimum absolute atomic E-state index is 0.275. The molecule has 0 saturated carbocycles. The van der Waals surface area contributed by atoms with Gasteiger partial charge < -0.3 is 15.5 Å². The molecule has 0 atom stereocenters. The molecule has 2 N–H and O–H groups in total. The molecule has 0 aliphatic carbocycles. The molecule has 1 amide bonds. The molecule has 1 aliphatic rings. The molecule has 0 radical (unpaired) electrons. The molecule has 2 rings (SSSR count). The van der Waals surface area contributed by atoms with Crippen LogP contribution in [0.25, 0.3) is 0 Å². The molecule has 4 nitrogen and oxygen atoms in total. The van der Waals surface area contributed by atoms with E-state index in [9.17, 15) is 4.79 Å². The van der Waals surface area contributed by atoms with Crippen LogP contribution in [-0.2, 0) is 4.79 Å². The molecule has 0 unspecified atom stereocenters. The smallest absolute Gasteiger partial charge is 0.222 e. The van der Waals surface area contributed by atoms with E-state index >= 15 is 0 Å². The normalized spacial score (nSPS) is 15.2. The number of thiocarbonyl (C=S) groups is 1. The molecule has 23 heavy (non-hydrogen) atoms. The van der Waals surface area contributed by atoms with Gasteiger partial charge in [-0.15, -0.1) is 0 Å². The zero-order chi connectivity index (χ0) is 16.7. The standard InChI is InChI=1S/C16H21Cl2N3OS/c17-12-9-13(18)11-14(10-12)20-16(23)19-6-4-8-21-7-3-1-2-5-15(21)22/h9-11H,1-8H2,(H2,19,20,23). The fourth-order valence-corrected chi connectivity index (χ4v) is 3.29. The monoisotopic (exact) mass is 373 g/mol. The van der Waals surface area contributed by atoms with Crippen LogP contribution in [0.4, 0.5) is 5.69 Å². The maximum Gasteiger partial charge on any atom is 0.222 e. The summed E-state index contributed by atoms with van der Waals surface area (Å²) in [5.41, 5.74) is 0.752. The number of carbonyl (C=O) groups excluding carboxylic acids is 1. The number of carbonyl (C=O) groups is 1. The molecule has 1 saturated heterocycles. The fraction of sp³-hybridized carbons (Fsp3) is 0.500. The summed E-state index contributed by atoms with van der Waals surface area (Å²) < 4.78 is 0. The summed E-state index contributed by atoms with van der Waals surface area (Å²) in [7, 11) is 0. The number of nitrogens with zero attached hydrogens (tertiary/aromatic N) is 1. The number of halogens is 2. The van der Waals surface area contributed by atoms with E-state index in [0.717, 1.165) is 44.5 Å². The highest BCUT2D eigenvalue weighted by Crippen LogP contribution is 2.22. The first-order valence-electron chi connectivity index (χ1n) is 7.83. The summed E-state index contributed by atoms with van der Waals surface area (Å²) in [6.45, 7) is 2.36. The van der Waals surface area contributed by atoms with Crippen molar-refractivity contribution >= 4 is 52.1 Å². The Morgan fingerprint density at radius 2 is 1.91 bits per heavy atom. The van der Waals surface area contributed by atoms with Gasteiger partial charge in [0.2, 0.25) is 5.91 Å². The van der Waals surface area contributed by atoms with Crippen molar-refractivity contribution in [1.29, 1.82) is 0 Å². The molecule has 0 spiro atoms. The Kier molecular flexibility index (Phi) is 7.40. The number of likely N-dealkylation sites (tertiary alicyclic amines) is 1. The second kappa shape index (κ2) is 9.30. The number of amides is 1. The van der Waals surface area contributed by atoms with Gasteiger partial charge in [-0.3, -0.25) is 4.79 Å². The van der Waals surface area contributed by atoms with E-state index in [1.807, 2.05) is 4.90 Å². The lowest BCUT2D eigenvalue weighted by atomic mass is 10.2. The fourth-order valence-electron chi connectivity index (χ4n) is 2.55. The second-order valence-electron chi connectivity index (χ2n) is 5.58. The molecule has 0 bridgehead atoms. The number of rotatable bonds is 5. The van der Waals surface area contributed by atoms with Crippen LogP contribution >= 0.6 is 35.4 Å². The third-order valence-electron chi connectivity index (χ3n) is 3.68. The highest BCUT2D eigenvalue weighted by atomic mass is 35.5. The summed E-state index contributed by atoms with van der Waals surface area (Å²) in [4.78, 5) is 13.8. The molecule has 1 heterocycles. The maximum atomic E-state index is 11.9. The Bertz CT molecular complexity index is 548. The van der Waals surface area contributed by atoms with Crippen LogP contribution < -0.4 is 10.6 Å². The molecule has 0 aromatic heterocycles. The van der Waals surface area contributed by atoms with Crippen LogP contribution in [0.2, 0.25) is 10.0 Å². The predicted octanol–water partition coefficient (Wildman–Crippen LogP) is 4.07. The van der Waals surface area contributed by atoms with Gasteiger partial charge in [0.1, 0.15) is 0 Å². The molecule has 1 aliphatic heterocycles. The van der Waals surface area contributed by atoms with Crippen molar-refractivity contribution < 1.29 is 4.79 Å². The van der Waals surface area contributed by atoms with Crippen molar-refractivity contribution in [3.8, 4) is 0 Å². The van der Waals surface area contributed by atoms with Gasteiger partial charge in [-0.05, 0) is 49.7 Å². The van der Waals surface area contributed by atoms with Gasteiger partial charge in [0.15, 0.2) is 5.11 Å². The summed E-state index contributed by atoms with van der Waals surface area (Å²) in [6.07, 6.45) is 4.82. The molecule has 126 valence electrons. The molecule has 1 fully saturated rings. The summed E-state index contributed by atoms with van der Waals surface area (Å²) in [5, 5.41) is 7.82. The van der Waals surface area contributed by atoms with Crippen molar-refractivity contribution in [2.24, 2.45) is 0 Å². The lowest BCUT2D eigenvalue weighted by Crippen LogP contribution is -2.35. The molecular formula is C16H21Cl2N3OS. The minimum atomic E-state index is 0.275. The number of hydrogen-bond donors (Lipinski definition) is 2. The quantitative estimate of drug-likeness (QED) is 0.602. The summed E-state index contributed by atoms with van der Waals surface area (Å²) in [6, 6.07) is 5.19. The Hall–Kier alpha value is -1.04. The van der Waals surface area contributed by atoms with Gasteiger partial charge in [0, 0.05) is 41.8 Å². The van der Waals surface area contributed by atoms with E-state index in [0.29, 0.717) is 28.1 Å². The van der Waals surface area contributed by atoms with Crippen molar-refractivity contribution in [2.45, 2.75) is 32.1 Å². The Morgan fingerprint density at radius 1 is 1.17 bits per heavy atom. The van der Waals surface area contributed by atoms with Gasteiger partial charge in [0.25, 0.3) is 0 Å². The highest BCUT2D eigenvalue weighted by Gasteiger charge is 2.15. The van der Waals surface area contributed by atoms with Crippen molar-refractivity contribution in [3.63, 3.8) is 0 Å². The van der Waals surface area contributed by atoms with Crippen LogP contribution in [0.1, 0.15) is 32.1 Å². The first kappa shape index (κ1) is 18.3. The lowest BCUT2D eigenvalue weighted by Gasteiger charge is -2.20. The van der Waals surface area contributed by atoms with E-state index in [1.54, 1.807) is 18.2 Å². The Morgan fingerprint density at radius 3 is 2.65 bits per heavy atom. The van der Waals surface area contributed by atoms with Crippen LogP contribution in [0.3, 0.4) is 0 Å². The zero-order valence-electron chi connectivity index (χ0n) is 12.9. The van der Waals surface area contributed by atoms with E-state index in [1.165, 1.54) is 0 Å². The van der Waals surface area contributed by atoms with E-state index in [-0.39, 0.29) is 5.91 Å². The van der Waals surface area contributed by atoms with Crippen molar-refractivity contribution in [3.05, 3.63) is 28.2 Å². The average Bonchev–Trinajstić information content (AvgIpc) is 2.67. The average molecular weight is 374 g/mol. The van der Waals surface area contributed by atoms with E-state index < -0.39 is 0 Å². The van der Waals surface area contributed by atoms with Crippen LogP contribution in [-0.4, -0.2) is 35.6 Å².